The molecule has 2 heteroatoms. The maximum atomic E-state index is 7.26. The first kappa shape index (κ1) is 26.0. The maximum Gasteiger partial charge on any atom is 0.250 e. The Morgan fingerprint density at radius 3 is 1.38 bits per heavy atom. The molecule has 180 valence electrons. The fourth-order valence-electron chi connectivity index (χ4n) is 4.75. The molecule has 0 spiro atoms. The average molecular weight is 471 g/mol. The van der Waals surface area contributed by atoms with Gasteiger partial charge in [0.2, 0.25) is 0 Å². The van der Waals surface area contributed by atoms with Crippen LogP contribution in [-0.4, -0.2) is 8.32 Å². The molecule has 34 heavy (non-hydrogen) atoms. The van der Waals surface area contributed by atoms with Gasteiger partial charge >= 0.3 is 0 Å². The van der Waals surface area contributed by atoms with Gasteiger partial charge in [0, 0.05) is 11.1 Å². The van der Waals surface area contributed by atoms with E-state index in [2.05, 4.69) is 130 Å². The second-order valence-electron chi connectivity index (χ2n) is 11.5. The van der Waals surface area contributed by atoms with Crippen LogP contribution in [0.5, 0.6) is 0 Å². The van der Waals surface area contributed by atoms with Gasteiger partial charge in [-0.2, -0.15) is 0 Å². The number of rotatable bonds is 5. The van der Waals surface area contributed by atoms with Crippen LogP contribution in [0.2, 0.25) is 18.1 Å². The van der Waals surface area contributed by atoms with E-state index in [9.17, 15) is 0 Å². The normalized spacial score (nSPS) is 12.0. The van der Waals surface area contributed by atoms with Crippen molar-refractivity contribution in [3.8, 4) is 0 Å². The Hall–Kier alpha value is -2.58. The van der Waals surface area contributed by atoms with Crippen molar-refractivity contribution in [2.45, 2.75) is 80.4 Å². The second-order valence-corrected chi connectivity index (χ2v) is 16.2. The monoisotopic (exact) mass is 470 g/mol. The van der Waals surface area contributed by atoms with Crippen molar-refractivity contribution in [3.05, 3.63) is 105 Å². The summed E-state index contributed by atoms with van der Waals surface area (Å²) in [5.74, 6) is 1.01. The van der Waals surface area contributed by atoms with E-state index in [0.29, 0.717) is 0 Å². The Morgan fingerprint density at radius 1 is 0.647 bits per heavy atom. The van der Waals surface area contributed by atoms with E-state index in [-0.39, 0.29) is 5.04 Å². The molecule has 0 aliphatic rings. The molecule has 3 aromatic carbocycles. The molecular formula is C32H42OSi. The van der Waals surface area contributed by atoms with Gasteiger partial charge in [-0.15, -0.1) is 0 Å². The number of hydrogen-bond donors (Lipinski definition) is 0. The van der Waals surface area contributed by atoms with E-state index >= 15 is 0 Å². The van der Waals surface area contributed by atoms with Crippen LogP contribution in [0.25, 0.3) is 11.3 Å². The summed E-state index contributed by atoms with van der Waals surface area (Å²) in [7, 11) is -2.13. The molecule has 1 nitrogen and oxygen atoms in total. The molecule has 0 radical (unpaired) electrons. The maximum absolute atomic E-state index is 7.26. The molecule has 0 fully saturated rings. The minimum atomic E-state index is -2.13. The highest BCUT2D eigenvalue weighted by molar-refractivity contribution is 6.75. The van der Waals surface area contributed by atoms with Crippen molar-refractivity contribution >= 4 is 19.6 Å². The van der Waals surface area contributed by atoms with Crippen LogP contribution in [0.15, 0.2) is 54.6 Å². The van der Waals surface area contributed by atoms with Crippen LogP contribution in [0.1, 0.15) is 70.8 Å². The van der Waals surface area contributed by atoms with E-state index in [1.807, 2.05) is 0 Å². The fraction of sp³-hybridized carbons (Fsp3) is 0.375. The zero-order valence-corrected chi connectivity index (χ0v) is 24.1. The number of aryl methyl sites for hydroxylation is 6. The van der Waals surface area contributed by atoms with E-state index in [4.69, 9.17) is 4.43 Å². The lowest BCUT2D eigenvalue weighted by atomic mass is 9.83. The standard InChI is InChI=1S/C32H42OSi/c1-21-17-23(3)28(24(4)18-21)30(29-25(5)19-22(2)20-26(29)6)31(27-15-13-12-14-16-27)33-34(10,11)32(7,8)9/h12-20H,1-11H3. The van der Waals surface area contributed by atoms with E-state index < -0.39 is 8.32 Å². The lowest BCUT2D eigenvalue weighted by Crippen LogP contribution is -2.40. The van der Waals surface area contributed by atoms with Crippen LogP contribution >= 0.6 is 0 Å². The highest BCUT2D eigenvalue weighted by atomic mass is 28.4. The SMILES string of the molecule is Cc1cc(C)c(C(=C(O[Si](C)(C)C(C)(C)C)c2ccccc2)c2c(C)cc(C)cc2C)c(C)c1. The third-order valence-electron chi connectivity index (χ3n) is 7.28. The molecule has 0 aliphatic heterocycles. The summed E-state index contributed by atoms with van der Waals surface area (Å²) in [5.41, 5.74) is 12.7. The predicted octanol–water partition coefficient (Wildman–Crippen LogP) is 9.48. The van der Waals surface area contributed by atoms with Gasteiger partial charge in [0.05, 0.1) is 0 Å². The molecule has 3 aromatic rings. The fourth-order valence-corrected chi connectivity index (χ4v) is 5.79. The van der Waals surface area contributed by atoms with Gasteiger partial charge in [0.15, 0.2) is 0 Å². The Labute approximate surface area is 209 Å². The van der Waals surface area contributed by atoms with Gasteiger partial charge in [-0.3, -0.25) is 0 Å². The predicted molar refractivity (Wildman–Crippen MR) is 152 cm³/mol. The molecule has 0 saturated heterocycles. The Morgan fingerprint density at radius 2 is 1.03 bits per heavy atom. The Bertz CT molecular complexity index is 1120. The number of hydrogen-bond acceptors (Lipinski definition) is 1. The molecule has 0 heterocycles. The smallest absolute Gasteiger partial charge is 0.250 e. The summed E-state index contributed by atoms with van der Waals surface area (Å²) in [4.78, 5) is 0. The van der Waals surface area contributed by atoms with E-state index in [1.165, 1.54) is 50.1 Å². The molecule has 0 amide bonds. The molecule has 0 aromatic heterocycles. The van der Waals surface area contributed by atoms with Crippen molar-refractivity contribution in [1.29, 1.82) is 0 Å². The van der Waals surface area contributed by atoms with Crippen molar-refractivity contribution < 1.29 is 4.43 Å². The Balaban J connectivity index is 2.55. The van der Waals surface area contributed by atoms with Crippen molar-refractivity contribution in [1.82, 2.24) is 0 Å². The molecule has 0 unspecified atom stereocenters. The van der Waals surface area contributed by atoms with Gasteiger partial charge in [-0.1, -0.05) is 86.5 Å². The topological polar surface area (TPSA) is 9.23 Å². The molecule has 0 aliphatic carbocycles. The molecule has 0 bridgehead atoms. The van der Waals surface area contributed by atoms with Crippen LogP contribution in [0, 0.1) is 41.5 Å². The van der Waals surface area contributed by atoms with Gasteiger partial charge in [-0.25, -0.2) is 0 Å². The summed E-state index contributed by atoms with van der Waals surface area (Å²) in [6, 6.07) is 19.9. The molecule has 0 saturated carbocycles. The lowest BCUT2D eigenvalue weighted by Gasteiger charge is -2.38. The number of benzene rings is 3. The summed E-state index contributed by atoms with van der Waals surface area (Å²) < 4.78 is 7.26. The van der Waals surface area contributed by atoms with Gasteiger partial charge in [-0.05, 0) is 93.1 Å². The highest BCUT2D eigenvalue weighted by Crippen LogP contribution is 2.45. The zero-order chi connectivity index (χ0) is 25.4. The van der Waals surface area contributed by atoms with Crippen LogP contribution < -0.4 is 0 Å². The van der Waals surface area contributed by atoms with Gasteiger partial charge < -0.3 is 4.43 Å². The van der Waals surface area contributed by atoms with Gasteiger partial charge in [0.25, 0.3) is 8.32 Å². The van der Waals surface area contributed by atoms with Crippen molar-refractivity contribution in [2.24, 2.45) is 0 Å². The van der Waals surface area contributed by atoms with E-state index in [0.717, 1.165) is 11.3 Å². The molecule has 3 rings (SSSR count). The van der Waals surface area contributed by atoms with Crippen LogP contribution in [0.3, 0.4) is 0 Å². The third-order valence-corrected chi connectivity index (χ3v) is 11.6. The summed E-state index contributed by atoms with van der Waals surface area (Å²) in [6.45, 7) is 24.9. The lowest BCUT2D eigenvalue weighted by molar-refractivity contribution is 0.459. The van der Waals surface area contributed by atoms with Crippen LogP contribution in [-0.2, 0) is 4.43 Å². The first-order chi connectivity index (χ1) is 15.7. The first-order valence-electron chi connectivity index (χ1n) is 12.4. The molecular weight excluding hydrogens is 428 g/mol. The summed E-state index contributed by atoms with van der Waals surface area (Å²) in [5, 5.41) is 0.0901. The second kappa shape index (κ2) is 9.58. The molecule has 0 atom stereocenters. The Kier molecular flexibility index (Phi) is 7.33. The average Bonchev–Trinajstić information content (AvgIpc) is 2.69. The third kappa shape index (κ3) is 5.23. The molecule has 0 N–H and O–H groups in total. The zero-order valence-electron chi connectivity index (χ0n) is 23.1. The van der Waals surface area contributed by atoms with E-state index in [1.54, 1.807) is 0 Å². The minimum Gasteiger partial charge on any atom is -0.543 e. The quantitative estimate of drug-likeness (QED) is 0.205. The van der Waals surface area contributed by atoms with Gasteiger partial charge in [0.1, 0.15) is 5.76 Å². The van der Waals surface area contributed by atoms with Crippen molar-refractivity contribution in [2.75, 3.05) is 0 Å². The first-order valence-corrected chi connectivity index (χ1v) is 15.3. The largest absolute Gasteiger partial charge is 0.543 e. The van der Waals surface area contributed by atoms with Crippen LogP contribution in [0.4, 0.5) is 0 Å². The highest BCUT2D eigenvalue weighted by Gasteiger charge is 2.40. The summed E-state index contributed by atoms with van der Waals surface area (Å²) >= 11 is 0. The van der Waals surface area contributed by atoms with Crippen molar-refractivity contribution in [3.63, 3.8) is 0 Å². The minimum absolute atomic E-state index is 0.0901. The summed E-state index contributed by atoms with van der Waals surface area (Å²) in [6.07, 6.45) is 0.